The predicted octanol–water partition coefficient (Wildman–Crippen LogP) is 1.96. The summed E-state index contributed by atoms with van der Waals surface area (Å²) in [4.78, 5) is 0. The van der Waals surface area contributed by atoms with Gasteiger partial charge < -0.3 is 14.9 Å². The highest BCUT2D eigenvalue weighted by molar-refractivity contribution is 4.90. The number of aliphatic hydroxyl groups excluding tert-OH is 2. The van der Waals surface area contributed by atoms with Crippen molar-refractivity contribution in [2.45, 2.75) is 58.2 Å². The van der Waals surface area contributed by atoms with Crippen molar-refractivity contribution in [2.24, 2.45) is 11.8 Å². The molecule has 96 valence electrons. The zero-order valence-corrected chi connectivity index (χ0v) is 10.8. The Kier molecular flexibility index (Phi) is 5.22. The third-order valence-electron chi connectivity index (χ3n) is 3.82. The van der Waals surface area contributed by atoms with Gasteiger partial charge in [-0.15, -0.1) is 0 Å². The second-order valence-corrected chi connectivity index (χ2v) is 5.57. The zero-order chi connectivity index (χ0) is 12.2. The van der Waals surface area contributed by atoms with E-state index in [0.717, 1.165) is 12.8 Å². The standard InChI is InChI=1S/C13H26O3/c1-10(2)13(16-9-12(15)8-14)6-4-5-11(3)7-13/h10-12,14-15H,4-9H2,1-3H3. The highest BCUT2D eigenvalue weighted by atomic mass is 16.5. The Bertz CT molecular complexity index is 205. The normalized spacial score (nSPS) is 33.0. The van der Waals surface area contributed by atoms with Gasteiger partial charge in [0.2, 0.25) is 0 Å². The van der Waals surface area contributed by atoms with Crippen LogP contribution in [0.25, 0.3) is 0 Å². The van der Waals surface area contributed by atoms with Crippen molar-refractivity contribution in [1.82, 2.24) is 0 Å². The maximum atomic E-state index is 9.38. The fraction of sp³-hybridized carbons (Fsp3) is 1.00. The van der Waals surface area contributed by atoms with E-state index in [1.54, 1.807) is 0 Å². The van der Waals surface area contributed by atoms with Crippen LogP contribution in [0.15, 0.2) is 0 Å². The van der Waals surface area contributed by atoms with Crippen molar-refractivity contribution in [1.29, 1.82) is 0 Å². The average molecular weight is 230 g/mol. The molecular weight excluding hydrogens is 204 g/mol. The molecule has 1 fully saturated rings. The van der Waals surface area contributed by atoms with Crippen LogP contribution >= 0.6 is 0 Å². The van der Waals surface area contributed by atoms with E-state index in [1.165, 1.54) is 12.8 Å². The topological polar surface area (TPSA) is 49.7 Å². The zero-order valence-electron chi connectivity index (χ0n) is 10.8. The largest absolute Gasteiger partial charge is 0.394 e. The smallest absolute Gasteiger partial charge is 0.100 e. The van der Waals surface area contributed by atoms with Crippen LogP contribution in [0.1, 0.15) is 46.5 Å². The van der Waals surface area contributed by atoms with Crippen LogP contribution < -0.4 is 0 Å². The lowest BCUT2D eigenvalue weighted by molar-refractivity contribution is -0.137. The van der Waals surface area contributed by atoms with E-state index in [1.807, 2.05) is 0 Å². The quantitative estimate of drug-likeness (QED) is 0.759. The van der Waals surface area contributed by atoms with E-state index in [9.17, 15) is 5.11 Å². The monoisotopic (exact) mass is 230 g/mol. The Morgan fingerprint density at radius 2 is 2.12 bits per heavy atom. The summed E-state index contributed by atoms with van der Waals surface area (Å²) >= 11 is 0. The number of hydrogen-bond donors (Lipinski definition) is 2. The Labute approximate surface area is 98.8 Å². The Morgan fingerprint density at radius 1 is 1.44 bits per heavy atom. The SMILES string of the molecule is CC1CCCC(OCC(O)CO)(C(C)C)C1. The number of rotatable bonds is 5. The van der Waals surface area contributed by atoms with Crippen molar-refractivity contribution in [2.75, 3.05) is 13.2 Å². The molecule has 0 amide bonds. The fourth-order valence-electron chi connectivity index (χ4n) is 2.68. The number of hydrogen-bond acceptors (Lipinski definition) is 3. The lowest BCUT2D eigenvalue weighted by atomic mass is 9.73. The summed E-state index contributed by atoms with van der Waals surface area (Å²) in [7, 11) is 0. The van der Waals surface area contributed by atoms with Crippen LogP contribution in [0, 0.1) is 11.8 Å². The number of ether oxygens (including phenoxy) is 1. The van der Waals surface area contributed by atoms with Crippen LogP contribution in [0.5, 0.6) is 0 Å². The van der Waals surface area contributed by atoms with Gasteiger partial charge in [0.1, 0.15) is 6.10 Å². The minimum Gasteiger partial charge on any atom is -0.394 e. The molecule has 3 unspecified atom stereocenters. The van der Waals surface area contributed by atoms with E-state index < -0.39 is 6.10 Å². The Morgan fingerprint density at radius 3 is 2.62 bits per heavy atom. The minimum atomic E-state index is -0.743. The summed E-state index contributed by atoms with van der Waals surface area (Å²) in [6.07, 6.45) is 3.89. The van der Waals surface area contributed by atoms with Crippen molar-refractivity contribution < 1.29 is 14.9 Å². The summed E-state index contributed by atoms with van der Waals surface area (Å²) in [5.41, 5.74) is -0.0895. The third kappa shape index (κ3) is 3.44. The summed E-state index contributed by atoms with van der Waals surface area (Å²) in [5, 5.41) is 18.2. The molecule has 2 N–H and O–H groups in total. The Balaban J connectivity index is 2.58. The fourth-order valence-corrected chi connectivity index (χ4v) is 2.68. The summed E-state index contributed by atoms with van der Waals surface area (Å²) in [5.74, 6) is 1.16. The van der Waals surface area contributed by atoms with Gasteiger partial charge in [-0.05, 0) is 24.7 Å². The highest BCUT2D eigenvalue weighted by Crippen LogP contribution is 2.40. The molecule has 3 nitrogen and oxygen atoms in total. The van der Waals surface area contributed by atoms with Gasteiger partial charge in [0.15, 0.2) is 0 Å². The molecule has 16 heavy (non-hydrogen) atoms. The van der Waals surface area contributed by atoms with E-state index in [4.69, 9.17) is 9.84 Å². The van der Waals surface area contributed by atoms with Gasteiger partial charge in [-0.25, -0.2) is 0 Å². The van der Waals surface area contributed by atoms with Gasteiger partial charge in [0.05, 0.1) is 18.8 Å². The van der Waals surface area contributed by atoms with Crippen LogP contribution in [0.2, 0.25) is 0 Å². The summed E-state index contributed by atoms with van der Waals surface area (Å²) in [6, 6.07) is 0. The molecule has 1 saturated carbocycles. The van der Waals surface area contributed by atoms with Gasteiger partial charge in [-0.2, -0.15) is 0 Å². The van der Waals surface area contributed by atoms with Gasteiger partial charge in [-0.3, -0.25) is 0 Å². The summed E-state index contributed by atoms with van der Waals surface area (Å²) in [6.45, 7) is 6.67. The lowest BCUT2D eigenvalue weighted by Crippen LogP contribution is -2.44. The molecule has 1 aliphatic rings. The lowest BCUT2D eigenvalue weighted by Gasteiger charge is -2.43. The second kappa shape index (κ2) is 5.99. The maximum Gasteiger partial charge on any atom is 0.100 e. The number of aliphatic hydroxyl groups is 2. The van der Waals surface area contributed by atoms with Crippen molar-refractivity contribution in [3.63, 3.8) is 0 Å². The molecule has 3 heteroatoms. The highest BCUT2D eigenvalue weighted by Gasteiger charge is 2.38. The van der Waals surface area contributed by atoms with Gasteiger partial charge in [-0.1, -0.05) is 33.6 Å². The molecule has 0 aromatic heterocycles. The van der Waals surface area contributed by atoms with Crippen LogP contribution in [0.3, 0.4) is 0 Å². The second-order valence-electron chi connectivity index (χ2n) is 5.57. The molecule has 0 bridgehead atoms. The minimum absolute atomic E-state index is 0.0895. The molecule has 0 aromatic carbocycles. The molecule has 0 aromatic rings. The van der Waals surface area contributed by atoms with E-state index in [0.29, 0.717) is 11.8 Å². The van der Waals surface area contributed by atoms with E-state index in [2.05, 4.69) is 20.8 Å². The molecule has 1 rings (SSSR count). The van der Waals surface area contributed by atoms with Gasteiger partial charge in [0, 0.05) is 0 Å². The van der Waals surface area contributed by atoms with E-state index in [-0.39, 0.29) is 18.8 Å². The van der Waals surface area contributed by atoms with Crippen molar-refractivity contribution in [3.8, 4) is 0 Å². The molecular formula is C13H26O3. The first kappa shape index (κ1) is 13.9. The molecule has 3 atom stereocenters. The maximum absolute atomic E-state index is 9.38. The van der Waals surface area contributed by atoms with Gasteiger partial charge in [0.25, 0.3) is 0 Å². The molecule has 0 heterocycles. The first-order chi connectivity index (χ1) is 7.50. The third-order valence-corrected chi connectivity index (χ3v) is 3.82. The van der Waals surface area contributed by atoms with E-state index >= 15 is 0 Å². The molecule has 0 aliphatic heterocycles. The van der Waals surface area contributed by atoms with Crippen molar-refractivity contribution in [3.05, 3.63) is 0 Å². The molecule has 1 aliphatic carbocycles. The van der Waals surface area contributed by atoms with Crippen molar-refractivity contribution >= 4 is 0 Å². The first-order valence-electron chi connectivity index (χ1n) is 6.43. The molecule has 0 spiro atoms. The van der Waals surface area contributed by atoms with Crippen LogP contribution in [0.4, 0.5) is 0 Å². The molecule has 0 saturated heterocycles. The molecule has 0 radical (unpaired) electrons. The van der Waals surface area contributed by atoms with Crippen LogP contribution in [-0.4, -0.2) is 35.1 Å². The first-order valence-corrected chi connectivity index (χ1v) is 6.43. The Hall–Kier alpha value is -0.120. The van der Waals surface area contributed by atoms with Gasteiger partial charge >= 0.3 is 0 Å². The summed E-state index contributed by atoms with van der Waals surface area (Å²) < 4.78 is 5.95. The predicted molar refractivity (Wildman–Crippen MR) is 64.2 cm³/mol. The average Bonchev–Trinajstić information content (AvgIpc) is 2.25. The van der Waals surface area contributed by atoms with Crippen LogP contribution in [-0.2, 0) is 4.74 Å².